The summed E-state index contributed by atoms with van der Waals surface area (Å²) in [6.45, 7) is 0.533. The Kier molecular flexibility index (Phi) is 5.09. The molecule has 0 spiro atoms. The van der Waals surface area contributed by atoms with Gasteiger partial charge in [-0.1, -0.05) is 12.1 Å². The molecule has 1 aliphatic heterocycles. The molecule has 0 unspecified atom stereocenters. The maximum atomic E-state index is 12.0. The van der Waals surface area contributed by atoms with Crippen molar-refractivity contribution in [3.8, 4) is 5.75 Å². The molecule has 0 radical (unpaired) electrons. The number of hydrogen-bond donors (Lipinski definition) is 1. The van der Waals surface area contributed by atoms with E-state index in [4.69, 9.17) is 4.74 Å². The number of carbonyl (C=O) groups excluding carboxylic acids is 3. The first-order valence-electron chi connectivity index (χ1n) is 8.04. The maximum Gasteiger partial charge on any atom is 0.262 e. The van der Waals surface area contributed by atoms with Gasteiger partial charge in [-0.15, -0.1) is 0 Å². The second-order valence-electron chi connectivity index (χ2n) is 5.69. The third kappa shape index (κ3) is 4.03. The van der Waals surface area contributed by atoms with Gasteiger partial charge in [0.05, 0.1) is 5.56 Å². The topological polar surface area (TPSA) is 75.7 Å². The van der Waals surface area contributed by atoms with E-state index in [0.29, 0.717) is 29.7 Å². The van der Waals surface area contributed by atoms with E-state index in [1.165, 1.54) is 0 Å². The fourth-order valence-electron chi connectivity index (χ4n) is 2.70. The Morgan fingerprint density at radius 1 is 1.16 bits per heavy atom. The Morgan fingerprint density at radius 3 is 2.60 bits per heavy atom. The van der Waals surface area contributed by atoms with Crippen LogP contribution >= 0.6 is 0 Å². The lowest BCUT2D eigenvalue weighted by molar-refractivity contribution is -0.118. The van der Waals surface area contributed by atoms with Gasteiger partial charge in [0, 0.05) is 24.3 Å². The number of nitrogens with one attached hydrogen (secondary N) is 1. The van der Waals surface area contributed by atoms with Gasteiger partial charge in [-0.25, -0.2) is 0 Å². The lowest BCUT2D eigenvalue weighted by Crippen LogP contribution is -2.23. The molecule has 2 aromatic carbocycles. The van der Waals surface area contributed by atoms with Gasteiger partial charge >= 0.3 is 0 Å². The van der Waals surface area contributed by atoms with Crippen LogP contribution in [-0.2, 0) is 9.59 Å². The number of benzene rings is 2. The van der Waals surface area contributed by atoms with Crippen LogP contribution < -0.4 is 15.0 Å². The summed E-state index contributed by atoms with van der Waals surface area (Å²) < 4.78 is 5.38. The summed E-state index contributed by atoms with van der Waals surface area (Å²) in [5, 5.41) is 2.72. The number of para-hydroxylation sites is 1. The van der Waals surface area contributed by atoms with Crippen molar-refractivity contribution < 1.29 is 19.1 Å². The average molecular weight is 338 g/mol. The molecule has 0 saturated carbocycles. The van der Waals surface area contributed by atoms with E-state index < -0.39 is 0 Å². The Bertz CT molecular complexity index is 786. The monoisotopic (exact) mass is 338 g/mol. The summed E-state index contributed by atoms with van der Waals surface area (Å²) in [4.78, 5) is 36.4. The molecular formula is C19H18N2O4. The molecule has 1 saturated heterocycles. The number of hydrogen-bond acceptors (Lipinski definition) is 4. The predicted molar refractivity (Wildman–Crippen MR) is 94.0 cm³/mol. The SMILES string of the molecule is O=Cc1ccccc1OCC(=O)Nc1ccc(N2CCCC2=O)cc1. The van der Waals surface area contributed by atoms with E-state index in [1.54, 1.807) is 53.4 Å². The predicted octanol–water partition coefficient (Wildman–Crippen LogP) is 2.64. The number of amides is 2. The van der Waals surface area contributed by atoms with Crippen LogP contribution in [0.5, 0.6) is 5.75 Å². The molecule has 0 aromatic heterocycles. The zero-order valence-corrected chi connectivity index (χ0v) is 13.6. The lowest BCUT2D eigenvalue weighted by atomic mass is 10.2. The van der Waals surface area contributed by atoms with Crippen molar-refractivity contribution in [2.75, 3.05) is 23.4 Å². The van der Waals surface area contributed by atoms with Gasteiger partial charge in [0.15, 0.2) is 12.9 Å². The van der Waals surface area contributed by atoms with Crippen molar-refractivity contribution in [1.82, 2.24) is 0 Å². The molecule has 1 N–H and O–H groups in total. The quantitative estimate of drug-likeness (QED) is 0.822. The summed E-state index contributed by atoms with van der Waals surface area (Å²) in [6, 6.07) is 13.8. The standard InChI is InChI=1S/C19H18N2O4/c22-12-14-4-1-2-5-17(14)25-13-18(23)20-15-7-9-16(10-8-15)21-11-3-6-19(21)24/h1-2,4-5,7-10,12H,3,6,11,13H2,(H,20,23). The molecule has 1 heterocycles. The van der Waals surface area contributed by atoms with Gasteiger partial charge in [-0.3, -0.25) is 14.4 Å². The van der Waals surface area contributed by atoms with Crippen LogP contribution in [0.15, 0.2) is 48.5 Å². The van der Waals surface area contributed by atoms with Crippen LogP contribution in [0.3, 0.4) is 0 Å². The Morgan fingerprint density at radius 2 is 1.92 bits per heavy atom. The minimum Gasteiger partial charge on any atom is -0.483 e. The maximum absolute atomic E-state index is 12.0. The summed E-state index contributed by atoms with van der Waals surface area (Å²) in [5.74, 6) is 0.167. The molecule has 0 atom stereocenters. The smallest absolute Gasteiger partial charge is 0.262 e. The van der Waals surface area contributed by atoms with Gasteiger partial charge in [0.2, 0.25) is 5.91 Å². The van der Waals surface area contributed by atoms with Crippen molar-refractivity contribution in [2.45, 2.75) is 12.8 Å². The van der Waals surface area contributed by atoms with Crippen LogP contribution in [0.4, 0.5) is 11.4 Å². The molecule has 1 aliphatic rings. The second-order valence-corrected chi connectivity index (χ2v) is 5.69. The Labute approximate surface area is 145 Å². The summed E-state index contributed by atoms with van der Waals surface area (Å²) in [5.41, 5.74) is 1.85. The highest BCUT2D eigenvalue weighted by molar-refractivity contribution is 5.96. The van der Waals surface area contributed by atoms with Gasteiger partial charge in [0.1, 0.15) is 5.75 Å². The zero-order chi connectivity index (χ0) is 17.6. The first kappa shape index (κ1) is 16.7. The van der Waals surface area contributed by atoms with Crippen molar-refractivity contribution >= 4 is 29.5 Å². The minimum absolute atomic E-state index is 0.124. The second kappa shape index (κ2) is 7.61. The van der Waals surface area contributed by atoms with Gasteiger partial charge in [-0.05, 0) is 42.8 Å². The van der Waals surface area contributed by atoms with E-state index in [2.05, 4.69) is 5.32 Å². The molecule has 6 nitrogen and oxygen atoms in total. The first-order valence-corrected chi connectivity index (χ1v) is 8.04. The van der Waals surface area contributed by atoms with Crippen LogP contribution in [0.1, 0.15) is 23.2 Å². The molecule has 25 heavy (non-hydrogen) atoms. The third-order valence-electron chi connectivity index (χ3n) is 3.94. The van der Waals surface area contributed by atoms with E-state index in [9.17, 15) is 14.4 Å². The molecule has 3 rings (SSSR count). The summed E-state index contributed by atoms with van der Waals surface area (Å²) in [7, 11) is 0. The largest absolute Gasteiger partial charge is 0.483 e. The van der Waals surface area contributed by atoms with E-state index in [1.807, 2.05) is 0 Å². The van der Waals surface area contributed by atoms with Crippen LogP contribution in [0.2, 0.25) is 0 Å². The highest BCUT2D eigenvalue weighted by atomic mass is 16.5. The number of carbonyl (C=O) groups is 3. The minimum atomic E-state index is -0.328. The van der Waals surface area contributed by atoms with E-state index in [-0.39, 0.29) is 18.4 Å². The molecule has 2 amide bonds. The highest BCUT2D eigenvalue weighted by Gasteiger charge is 2.21. The number of ether oxygens (including phenoxy) is 1. The number of anilines is 2. The number of aldehydes is 1. The van der Waals surface area contributed by atoms with E-state index >= 15 is 0 Å². The van der Waals surface area contributed by atoms with Crippen molar-refractivity contribution in [3.63, 3.8) is 0 Å². The number of nitrogens with zero attached hydrogens (tertiary/aromatic N) is 1. The van der Waals surface area contributed by atoms with E-state index in [0.717, 1.165) is 18.7 Å². The average Bonchev–Trinajstić information content (AvgIpc) is 3.07. The fourth-order valence-corrected chi connectivity index (χ4v) is 2.70. The molecule has 0 bridgehead atoms. The van der Waals surface area contributed by atoms with Crippen molar-refractivity contribution in [1.29, 1.82) is 0 Å². The first-order chi connectivity index (χ1) is 12.2. The third-order valence-corrected chi connectivity index (χ3v) is 3.94. The molecule has 128 valence electrons. The fraction of sp³-hybridized carbons (Fsp3) is 0.211. The number of rotatable bonds is 6. The Balaban J connectivity index is 1.56. The van der Waals surface area contributed by atoms with Gasteiger partial charge < -0.3 is 15.0 Å². The normalized spacial score (nSPS) is 13.6. The van der Waals surface area contributed by atoms with Crippen molar-refractivity contribution in [3.05, 3.63) is 54.1 Å². The van der Waals surface area contributed by atoms with Crippen molar-refractivity contribution in [2.24, 2.45) is 0 Å². The molecule has 0 aliphatic carbocycles. The van der Waals surface area contributed by atoms with Gasteiger partial charge in [0.25, 0.3) is 5.91 Å². The van der Waals surface area contributed by atoms with Crippen LogP contribution in [-0.4, -0.2) is 31.3 Å². The van der Waals surface area contributed by atoms with Crippen LogP contribution in [0, 0.1) is 0 Å². The molecular weight excluding hydrogens is 320 g/mol. The lowest BCUT2D eigenvalue weighted by Gasteiger charge is -2.16. The van der Waals surface area contributed by atoms with Crippen LogP contribution in [0.25, 0.3) is 0 Å². The molecule has 2 aromatic rings. The highest BCUT2D eigenvalue weighted by Crippen LogP contribution is 2.23. The zero-order valence-electron chi connectivity index (χ0n) is 13.6. The molecule has 6 heteroatoms. The summed E-state index contributed by atoms with van der Waals surface area (Å²) in [6.07, 6.45) is 2.14. The van der Waals surface area contributed by atoms with Gasteiger partial charge in [-0.2, -0.15) is 0 Å². The Hall–Kier alpha value is -3.15. The molecule has 1 fully saturated rings. The summed E-state index contributed by atoms with van der Waals surface area (Å²) >= 11 is 0.